The molecule has 0 bridgehead atoms. The van der Waals surface area contributed by atoms with Crippen molar-refractivity contribution >= 4 is 21.9 Å². The molecule has 1 aromatic rings. The van der Waals surface area contributed by atoms with Crippen molar-refractivity contribution in [3.05, 3.63) is 34.1 Å². The third kappa shape index (κ3) is 3.72. The monoisotopic (exact) mass is 270 g/mol. The maximum atomic E-state index is 12.8. The molecule has 0 atom stereocenters. The van der Waals surface area contributed by atoms with Crippen LogP contribution >= 0.6 is 15.9 Å². The minimum absolute atomic E-state index is 0.292. The number of carbonyl (C=O) groups excluding carboxylic acids is 1. The molecule has 78 valence electrons. The third-order valence-corrected chi connectivity index (χ3v) is 2.11. The van der Waals surface area contributed by atoms with E-state index in [9.17, 15) is 9.18 Å². The van der Waals surface area contributed by atoms with E-state index in [2.05, 4.69) is 32.5 Å². The number of halogens is 2. The highest BCUT2D eigenvalue weighted by molar-refractivity contribution is 9.10. The van der Waals surface area contributed by atoms with E-state index in [4.69, 9.17) is 0 Å². The van der Waals surface area contributed by atoms with Gasteiger partial charge in [0.15, 0.2) is 0 Å². The summed E-state index contributed by atoms with van der Waals surface area (Å²) in [4.78, 5) is 10.9. The fraction of sp³-hybridized carbons (Fsp3) is 0.182. The minimum Gasteiger partial charge on any atom is -0.456 e. The van der Waals surface area contributed by atoms with Gasteiger partial charge in [0.05, 0.1) is 11.1 Å². The van der Waals surface area contributed by atoms with E-state index in [0.717, 1.165) is 0 Å². The van der Waals surface area contributed by atoms with Crippen LogP contribution in [0.4, 0.5) is 4.39 Å². The smallest absolute Gasteiger partial charge is 0.384 e. The minimum atomic E-state index is -0.585. The zero-order valence-electron chi connectivity index (χ0n) is 8.01. The molecule has 0 N–H and O–H groups in total. The van der Waals surface area contributed by atoms with Crippen LogP contribution in [0.2, 0.25) is 0 Å². The summed E-state index contributed by atoms with van der Waals surface area (Å²) in [5.74, 6) is 3.92. The first-order chi connectivity index (χ1) is 7.13. The Hall–Kier alpha value is -1.34. The second-order valence-corrected chi connectivity index (χ2v) is 3.45. The van der Waals surface area contributed by atoms with Gasteiger partial charge in [0.1, 0.15) is 5.82 Å². The van der Waals surface area contributed by atoms with E-state index < -0.39 is 5.97 Å². The maximum absolute atomic E-state index is 12.8. The molecule has 0 spiro atoms. The van der Waals surface area contributed by atoms with Crippen molar-refractivity contribution in [2.24, 2.45) is 0 Å². The molecule has 0 radical (unpaired) electrons. The Morgan fingerprint density at radius 1 is 1.60 bits per heavy atom. The van der Waals surface area contributed by atoms with Gasteiger partial charge in [-0.2, -0.15) is 0 Å². The molecular weight excluding hydrogens is 263 g/mol. The Kier molecular flexibility index (Phi) is 4.32. The largest absolute Gasteiger partial charge is 0.456 e. The molecule has 2 nitrogen and oxygen atoms in total. The third-order valence-electron chi connectivity index (χ3n) is 1.50. The van der Waals surface area contributed by atoms with E-state index in [1.807, 2.05) is 0 Å². The lowest BCUT2D eigenvalue weighted by Gasteiger charge is -1.94. The number of carbonyl (C=O) groups is 1. The predicted octanol–water partition coefficient (Wildman–Crippen LogP) is 2.50. The van der Waals surface area contributed by atoms with Crippen molar-refractivity contribution in [3.63, 3.8) is 0 Å². The summed E-state index contributed by atoms with van der Waals surface area (Å²) in [6.45, 7) is 1.99. The van der Waals surface area contributed by atoms with Crippen molar-refractivity contribution in [2.45, 2.75) is 6.92 Å². The SMILES string of the molecule is CCOC(=O)C#Cc1ccc(F)c(Br)c1. The molecule has 0 saturated carbocycles. The van der Waals surface area contributed by atoms with Crippen LogP contribution in [-0.2, 0) is 9.53 Å². The zero-order valence-corrected chi connectivity index (χ0v) is 9.60. The van der Waals surface area contributed by atoms with Gasteiger partial charge in [-0.05, 0) is 41.1 Å². The first kappa shape index (κ1) is 11.7. The van der Waals surface area contributed by atoms with Gasteiger partial charge in [-0.25, -0.2) is 9.18 Å². The highest BCUT2D eigenvalue weighted by Gasteiger charge is 1.98. The van der Waals surface area contributed by atoms with Crippen LogP contribution in [0.25, 0.3) is 0 Å². The summed E-state index contributed by atoms with van der Waals surface area (Å²) >= 11 is 3.02. The fourth-order valence-corrected chi connectivity index (χ4v) is 1.24. The molecule has 0 heterocycles. The zero-order chi connectivity index (χ0) is 11.3. The van der Waals surface area contributed by atoms with Crippen molar-refractivity contribution < 1.29 is 13.9 Å². The van der Waals surface area contributed by atoms with Crippen LogP contribution in [-0.4, -0.2) is 12.6 Å². The normalized spacial score (nSPS) is 9.00. The highest BCUT2D eigenvalue weighted by Crippen LogP contribution is 2.15. The van der Waals surface area contributed by atoms with E-state index in [-0.39, 0.29) is 5.82 Å². The molecule has 0 unspecified atom stereocenters. The molecule has 1 rings (SSSR count). The highest BCUT2D eigenvalue weighted by atomic mass is 79.9. The van der Waals surface area contributed by atoms with Crippen LogP contribution in [0, 0.1) is 17.7 Å². The molecule has 15 heavy (non-hydrogen) atoms. The molecular formula is C11H8BrFO2. The van der Waals surface area contributed by atoms with Gasteiger partial charge in [0.25, 0.3) is 0 Å². The Bertz CT molecular complexity index is 432. The Morgan fingerprint density at radius 2 is 2.33 bits per heavy atom. The average Bonchev–Trinajstić information content (AvgIpc) is 2.20. The molecule has 0 aliphatic heterocycles. The quantitative estimate of drug-likeness (QED) is 0.579. The molecule has 0 amide bonds. The lowest BCUT2D eigenvalue weighted by Crippen LogP contribution is -1.99. The van der Waals surface area contributed by atoms with E-state index in [1.165, 1.54) is 18.2 Å². The van der Waals surface area contributed by atoms with Gasteiger partial charge < -0.3 is 4.74 Å². The summed E-state index contributed by atoms with van der Waals surface area (Å²) in [6.07, 6.45) is 0. The second kappa shape index (κ2) is 5.52. The van der Waals surface area contributed by atoms with Crippen molar-refractivity contribution in [1.29, 1.82) is 0 Å². The maximum Gasteiger partial charge on any atom is 0.384 e. The number of esters is 1. The second-order valence-electron chi connectivity index (χ2n) is 2.60. The molecule has 0 fully saturated rings. The van der Waals surface area contributed by atoms with E-state index in [1.54, 1.807) is 6.92 Å². The Morgan fingerprint density at radius 3 is 2.93 bits per heavy atom. The molecule has 4 heteroatoms. The van der Waals surface area contributed by atoms with Gasteiger partial charge >= 0.3 is 5.97 Å². The topological polar surface area (TPSA) is 26.3 Å². The number of rotatable bonds is 1. The number of hydrogen-bond acceptors (Lipinski definition) is 2. The number of hydrogen-bond donors (Lipinski definition) is 0. The first-order valence-electron chi connectivity index (χ1n) is 4.27. The van der Waals surface area contributed by atoms with Gasteiger partial charge in [-0.15, -0.1) is 0 Å². The van der Waals surface area contributed by atoms with Crippen molar-refractivity contribution in [3.8, 4) is 11.8 Å². The molecule has 1 aromatic carbocycles. The van der Waals surface area contributed by atoms with Crippen LogP contribution in [0.15, 0.2) is 22.7 Å². The predicted molar refractivity (Wildman–Crippen MR) is 57.6 cm³/mol. The van der Waals surface area contributed by atoms with Crippen molar-refractivity contribution in [1.82, 2.24) is 0 Å². The molecule has 0 aromatic heterocycles. The summed E-state index contributed by atoms with van der Waals surface area (Å²) in [5, 5.41) is 0. The summed E-state index contributed by atoms with van der Waals surface area (Å²) in [6, 6.07) is 4.27. The summed E-state index contributed by atoms with van der Waals surface area (Å²) in [5.41, 5.74) is 0.552. The van der Waals surface area contributed by atoms with Crippen LogP contribution < -0.4 is 0 Å². The van der Waals surface area contributed by atoms with Crippen LogP contribution in [0.1, 0.15) is 12.5 Å². The Labute approximate surface area is 95.6 Å². The summed E-state index contributed by atoms with van der Waals surface area (Å²) < 4.78 is 17.8. The fourth-order valence-electron chi connectivity index (χ4n) is 0.864. The molecule has 0 saturated heterocycles. The summed E-state index contributed by atoms with van der Waals surface area (Å²) in [7, 11) is 0. The van der Waals surface area contributed by atoms with Crippen molar-refractivity contribution in [2.75, 3.05) is 6.61 Å². The lowest BCUT2D eigenvalue weighted by atomic mass is 10.2. The standard InChI is InChI=1S/C11H8BrFO2/c1-2-15-11(14)6-4-8-3-5-10(13)9(12)7-8/h3,5,7H,2H2,1H3. The Balaban J connectivity index is 2.80. The molecule has 0 aliphatic rings. The van der Waals surface area contributed by atoms with Gasteiger partial charge in [0, 0.05) is 11.5 Å². The van der Waals surface area contributed by atoms with Crippen LogP contribution in [0.3, 0.4) is 0 Å². The van der Waals surface area contributed by atoms with Gasteiger partial charge in [-0.3, -0.25) is 0 Å². The average molecular weight is 271 g/mol. The van der Waals surface area contributed by atoms with Crippen LogP contribution in [0.5, 0.6) is 0 Å². The van der Waals surface area contributed by atoms with Gasteiger partial charge in [-0.1, -0.05) is 5.92 Å². The van der Waals surface area contributed by atoms with Gasteiger partial charge in [0.2, 0.25) is 0 Å². The first-order valence-corrected chi connectivity index (χ1v) is 5.06. The number of ether oxygens (including phenoxy) is 1. The van der Waals surface area contributed by atoms with E-state index in [0.29, 0.717) is 16.6 Å². The molecule has 0 aliphatic carbocycles. The number of benzene rings is 1. The lowest BCUT2D eigenvalue weighted by molar-refractivity contribution is -0.136. The van der Waals surface area contributed by atoms with E-state index >= 15 is 0 Å².